The molecule has 1 aromatic rings. The van der Waals surface area contributed by atoms with Crippen molar-refractivity contribution in [2.24, 2.45) is 0 Å². The van der Waals surface area contributed by atoms with E-state index in [1.54, 1.807) is 35.2 Å². The summed E-state index contributed by atoms with van der Waals surface area (Å²) in [5.74, 6) is -0.789. The highest BCUT2D eigenvalue weighted by Gasteiger charge is 2.17. The highest BCUT2D eigenvalue weighted by atomic mass is 35.5. The van der Waals surface area contributed by atoms with E-state index < -0.39 is 12.3 Å². The molecule has 0 fully saturated rings. The summed E-state index contributed by atoms with van der Waals surface area (Å²) >= 11 is 4.89. The lowest BCUT2D eigenvalue weighted by Gasteiger charge is -2.05. The highest BCUT2D eigenvalue weighted by Crippen LogP contribution is 2.09. The molecule has 1 atom stereocenters. The van der Waals surface area contributed by atoms with Crippen molar-refractivity contribution in [3.05, 3.63) is 30.3 Å². The number of rotatable bonds is 3. The predicted octanol–water partition coefficient (Wildman–Crippen LogP) is 1.63. The van der Waals surface area contributed by atoms with Crippen LogP contribution < -0.4 is 9.57 Å². The summed E-state index contributed by atoms with van der Waals surface area (Å²) in [7, 11) is 0. The fraction of sp³-hybridized carbons (Fsp3) is 0.125. The molecule has 0 saturated heterocycles. The summed E-state index contributed by atoms with van der Waals surface area (Å²) in [6.45, 7) is 0. The third-order valence-electron chi connectivity index (χ3n) is 1.26. The first-order chi connectivity index (χ1) is 6.24. The standard InChI is InChI=1S/C8H7ClFNO2/c9-11-7(10)8(12)13-6-4-2-1-3-5-6/h1-5,7,11H. The number of benzene rings is 1. The minimum Gasteiger partial charge on any atom is -0.423 e. The molecule has 13 heavy (non-hydrogen) atoms. The Morgan fingerprint density at radius 3 is 2.62 bits per heavy atom. The van der Waals surface area contributed by atoms with Crippen LogP contribution in [0.5, 0.6) is 5.75 Å². The second kappa shape index (κ2) is 4.79. The number of hydrogen-bond acceptors (Lipinski definition) is 3. The Balaban J connectivity index is 2.55. The second-order valence-electron chi connectivity index (χ2n) is 2.21. The molecule has 5 heteroatoms. The van der Waals surface area contributed by atoms with Gasteiger partial charge in [0.25, 0.3) is 6.30 Å². The van der Waals surface area contributed by atoms with Gasteiger partial charge in [-0.25, -0.2) is 9.18 Å². The molecule has 3 nitrogen and oxygen atoms in total. The van der Waals surface area contributed by atoms with Crippen molar-refractivity contribution in [1.29, 1.82) is 0 Å². The average Bonchev–Trinajstić information content (AvgIpc) is 2.18. The van der Waals surface area contributed by atoms with Gasteiger partial charge in [-0.2, -0.15) is 4.84 Å². The minimum atomic E-state index is -2.01. The van der Waals surface area contributed by atoms with E-state index in [-0.39, 0.29) is 5.75 Å². The van der Waals surface area contributed by atoms with Gasteiger partial charge in [0.05, 0.1) is 0 Å². The first kappa shape index (κ1) is 9.95. The number of halogens is 2. The zero-order valence-corrected chi connectivity index (χ0v) is 7.29. The van der Waals surface area contributed by atoms with Crippen LogP contribution in [0.4, 0.5) is 4.39 Å². The number of hydrogen-bond donors (Lipinski definition) is 1. The Labute approximate surface area is 79.6 Å². The van der Waals surface area contributed by atoms with Gasteiger partial charge in [0.2, 0.25) is 0 Å². The molecule has 0 amide bonds. The first-order valence-electron chi connectivity index (χ1n) is 3.51. The lowest BCUT2D eigenvalue weighted by Crippen LogP contribution is -2.30. The Morgan fingerprint density at radius 2 is 2.08 bits per heavy atom. The molecule has 1 rings (SSSR count). The SMILES string of the molecule is O=C(Oc1ccccc1)C(F)NCl. The maximum Gasteiger partial charge on any atom is 0.362 e. The number of para-hydroxylation sites is 1. The van der Waals surface area contributed by atoms with Gasteiger partial charge in [0, 0.05) is 0 Å². The number of alkyl halides is 1. The molecule has 1 unspecified atom stereocenters. The summed E-state index contributed by atoms with van der Waals surface area (Å²) in [4.78, 5) is 12.4. The molecular weight excluding hydrogens is 197 g/mol. The van der Waals surface area contributed by atoms with E-state index in [1.165, 1.54) is 0 Å². The Kier molecular flexibility index (Phi) is 3.67. The van der Waals surface area contributed by atoms with Crippen LogP contribution >= 0.6 is 11.8 Å². The fourth-order valence-corrected chi connectivity index (χ4v) is 0.790. The van der Waals surface area contributed by atoms with Gasteiger partial charge < -0.3 is 4.74 Å². The third kappa shape index (κ3) is 3.01. The van der Waals surface area contributed by atoms with Crippen LogP contribution in [0.25, 0.3) is 0 Å². The van der Waals surface area contributed by atoms with Crippen LogP contribution in [0.3, 0.4) is 0 Å². The molecule has 0 aliphatic carbocycles. The van der Waals surface area contributed by atoms with E-state index in [2.05, 4.69) is 4.74 Å². The van der Waals surface area contributed by atoms with E-state index in [4.69, 9.17) is 11.8 Å². The van der Waals surface area contributed by atoms with Gasteiger partial charge in [-0.15, -0.1) is 0 Å². The predicted molar refractivity (Wildman–Crippen MR) is 46.0 cm³/mol. The van der Waals surface area contributed by atoms with Crippen LogP contribution in [-0.2, 0) is 4.79 Å². The zero-order chi connectivity index (χ0) is 9.68. The van der Waals surface area contributed by atoms with E-state index in [9.17, 15) is 9.18 Å². The number of ether oxygens (including phenoxy) is 1. The molecular formula is C8H7ClFNO2. The quantitative estimate of drug-likeness (QED) is 0.351. The van der Waals surface area contributed by atoms with E-state index >= 15 is 0 Å². The average molecular weight is 204 g/mol. The summed E-state index contributed by atoms with van der Waals surface area (Å²) < 4.78 is 17.1. The molecule has 0 aromatic heterocycles. The van der Waals surface area contributed by atoms with Crippen molar-refractivity contribution in [2.45, 2.75) is 6.30 Å². The number of nitrogens with one attached hydrogen (secondary N) is 1. The molecule has 0 radical (unpaired) electrons. The zero-order valence-electron chi connectivity index (χ0n) is 6.54. The maximum absolute atomic E-state index is 12.5. The molecule has 0 spiro atoms. The van der Waals surface area contributed by atoms with Crippen molar-refractivity contribution < 1.29 is 13.9 Å². The van der Waals surface area contributed by atoms with Gasteiger partial charge in [-0.3, -0.25) is 0 Å². The van der Waals surface area contributed by atoms with Gasteiger partial charge in [0.15, 0.2) is 0 Å². The number of carbonyl (C=O) groups is 1. The smallest absolute Gasteiger partial charge is 0.362 e. The second-order valence-corrected chi connectivity index (χ2v) is 2.42. The molecule has 0 heterocycles. The van der Waals surface area contributed by atoms with Crippen molar-refractivity contribution in [1.82, 2.24) is 4.84 Å². The van der Waals surface area contributed by atoms with Gasteiger partial charge in [0.1, 0.15) is 5.75 Å². The minimum absolute atomic E-state index is 0.280. The van der Waals surface area contributed by atoms with Gasteiger partial charge in [-0.05, 0) is 23.9 Å². The van der Waals surface area contributed by atoms with Crippen LogP contribution in [0.15, 0.2) is 30.3 Å². The first-order valence-corrected chi connectivity index (χ1v) is 3.89. The summed E-state index contributed by atoms with van der Waals surface area (Å²) in [5.41, 5.74) is 0. The molecule has 1 aromatic carbocycles. The Hall–Kier alpha value is -1.13. The molecule has 0 aliphatic heterocycles. The monoisotopic (exact) mass is 203 g/mol. The molecule has 0 saturated carbocycles. The van der Waals surface area contributed by atoms with Gasteiger partial charge >= 0.3 is 5.97 Å². The summed E-state index contributed by atoms with van der Waals surface area (Å²) in [5, 5.41) is 0. The lowest BCUT2D eigenvalue weighted by molar-refractivity contribution is -0.140. The Bertz CT molecular complexity index is 281. The summed E-state index contributed by atoms with van der Waals surface area (Å²) in [6, 6.07) is 8.18. The number of carbonyl (C=O) groups excluding carboxylic acids is 1. The van der Waals surface area contributed by atoms with Crippen molar-refractivity contribution in [2.75, 3.05) is 0 Å². The van der Waals surface area contributed by atoms with Crippen LogP contribution in [0, 0.1) is 0 Å². The Morgan fingerprint density at radius 1 is 1.46 bits per heavy atom. The normalized spacial score (nSPS) is 12.2. The molecule has 70 valence electrons. The maximum atomic E-state index is 12.5. The largest absolute Gasteiger partial charge is 0.423 e. The highest BCUT2D eigenvalue weighted by molar-refractivity contribution is 6.14. The fourth-order valence-electron chi connectivity index (χ4n) is 0.701. The van der Waals surface area contributed by atoms with Crippen LogP contribution in [0.1, 0.15) is 0 Å². The van der Waals surface area contributed by atoms with Gasteiger partial charge in [-0.1, -0.05) is 18.2 Å². The van der Waals surface area contributed by atoms with Crippen LogP contribution in [-0.4, -0.2) is 12.3 Å². The van der Waals surface area contributed by atoms with E-state index in [0.29, 0.717) is 0 Å². The molecule has 0 aliphatic rings. The lowest BCUT2D eigenvalue weighted by atomic mass is 10.3. The van der Waals surface area contributed by atoms with Crippen molar-refractivity contribution in [3.63, 3.8) is 0 Å². The van der Waals surface area contributed by atoms with Crippen molar-refractivity contribution in [3.8, 4) is 5.75 Å². The molecule has 1 N–H and O–H groups in total. The molecule has 0 bridgehead atoms. The summed E-state index contributed by atoms with van der Waals surface area (Å²) in [6.07, 6.45) is -2.01. The van der Waals surface area contributed by atoms with Crippen molar-refractivity contribution >= 4 is 17.7 Å². The number of esters is 1. The van der Waals surface area contributed by atoms with E-state index in [0.717, 1.165) is 0 Å². The topological polar surface area (TPSA) is 38.3 Å². The van der Waals surface area contributed by atoms with E-state index in [1.807, 2.05) is 0 Å². The van der Waals surface area contributed by atoms with Crippen LogP contribution in [0.2, 0.25) is 0 Å². The third-order valence-corrected chi connectivity index (χ3v) is 1.46.